The van der Waals surface area contributed by atoms with Gasteiger partial charge < -0.3 is 0 Å². The van der Waals surface area contributed by atoms with Crippen molar-refractivity contribution in [3.63, 3.8) is 0 Å². The van der Waals surface area contributed by atoms with E-state index in [1.165, 1.54) is 11.8 Å². The third-order valence-corrected chi connectivity index (χ3v) is 2.96. The third-order valence-electron chi connectivity index (χ3n) is 1.91. The van der Waals surface area contributed by atoms with Gasteiger partial charge in [0, 0.05) is 18.6 Å². The van der Waals surface area contributed by atoms with Gasteiger partial charge in [0.05, 0.1) is 6.07 Å². The molecule has 0 atom stereocenters. The Labute approximate surface area is 71.0 Å². The van der Waals surface area contributed by atoms with Crippen molar-refractivity contribution in [2.45, 2.75) is 31.4 Å². The monoisotopic (exact) mass is 169 g/mol. The molecule has 0 radical (unpaired) electrons. The number of rotatable bonds is 2. The van der Waals surface area contributed by atoms with E-state index in [0.29, 0.717) is 17.6 Å². The smallest absolute Gasteiger partial charge is 0.186 e. The first-order valence-electron chi connectivity index (χ1n) is 3.76. The molecule has 0 saturated heterocycles. The average Bonchev–Trinajstić information content (AvgIpc) is 1.82. The molecule has 1 aliphatic carbocycles. The summed E-state index contributed by atoms with van der Waals surface area (Å²) in [6.45, 7) is 1.60. The predicted molar refractivity (Wildman–Crippen MR) is 45.0 cm³/mol. The Hall–Kier alpha value is -0.490. The minimum absolute atomic E-state index is 0.199. The van der Waals surface area contributed by atoms with E-state index in [4.69, 9.17) is 5.26 Å². The molecule has 0 N–H and O–H groups in total. The second kappa shape index (κ2) is 3.77. The van der Waals surface area contributed by atoms with Crippen LogP contribution in [0.2, 0.25) is 0 Å². The van der Waals surface area contributed by atoms with Gasteiger partial charge >= 0.3 is 0 Å². The zero-order chi connectivity index (χ0) is 8.27. The lowest BCUT2D eigenvalue weighted by atomic mass is 9.83. The van der Waals surface area contributed by atoms with Crippen LogP contribution in [-0.4, -0.2) is 10.4 Å². The third kappa shape index (κ3) is 2.55. The normalized spacial score (nSPS) is 28.7. The van der Waals surface area contributed by atoms with E-state index < -0.39 is 0 Å². The summed E-state index contributed by atoms with van der Waals surface area (Å²) in [5.74, 6) is 0.567. The summed E-state index contributed by atoms with van der Waals surface area (Å²) < 4.78 is 0. The largest absolute Gasteiger partial charge is 0.288 e. The molecule has 0 bridgehead atoms. The van der Waals surface area contributed by atoms with Crippen molar-refractivity contribution in [2.24, 2.45) is 5.92 Å². The highest BCUT2D eigenvalue weighted by Gasteiger charge is 2.29. The van der Waals surface area contributed by atoms with Crippen molar-refractivity contribution in [3.8, 4) is 6.07 Å². The Balaban J connectivity index is 2.10. The number of carbonyl (C=O) groups is 1. The molecule has 3 heteroatoms. The van der Waals surface area contributed by atoms with Crippen LogP contribution in [0.15, 0.2) is 0 Å². The van der Waals surface area contributed by atoms with E-state index in [-0.39, 0.29) is 5.12 Å². The molecule has 0 amide bonds. The fraction of sp³-hybridized carbons (Fsp3) is 0.750. The topological polar surface area (TPSA) is 40.9 Å². The van der Waals surface area contributed by atoms with Gasteiger partial charge in [-0.25, -0.2) is 0 Å². The van der Waals surface area contributed by atoms with E-state index in [0.717, 1.165) is 12.8 Å². The zero-order valence-corrected chi connectivity index (χ0v) is 7.36. The van der Waals surface area contributed by atoms with Gasteiger partial charge in [0.25, 0.3) is 0 Å². The van der Waals surface area contributed by atoms with E-state index in [2.05, 4.69) is 6.07 Å². The van der Waals surface area contributed by atoms with Crippen molar-refractivity contribution in [1.82, 2.24) is 0 Å². The van der Waals surface area contributed by atoms with Crippen LogP contribution in [0.1, 0.15) is 26.2 Å². The summed E-state index contributed by atoms with van der Waals surface area (Å²) in [5, 5.41) is 9.05. The van der Waals surface area contributed by atoms with Gasteiger partial charge in [0.15, 0.2) is 5.12 Å². The number of hydrogen-bond acceptors (Lipinski definition) is 3. The van der Waals surface area contributed by atoms with Gasteiger partial charge in [-0.3, -0.25) is 4.79 Å². The van der Waals surface area contributed by atoms with E-state index >= 15 is 0 Å². The fourth-order valence-electron chi connectivity index (χ4n) is 1.30. The standard InChI is InChI=1S/C8H11NOS/c1-6(10)11-8-4-7(5-8)2-3-9/h7-8H,2,4-5H2,1H3. The fourth-order valence-corrected chi connectivity index (χ4v) is 2.51. The molecule has 0 aromatic carbocycles. The van der Waals surface area contributed by atoms with E-state index in [1.54, 1.807) is 6.92 Å². The van der Waals surface area contributed by atoms with E-state index in [1.807, 2.05) is 0 Å². The molecule has 1 aliphatic rings. The molecule has 0 heterocycles. The zero-order valence-electron chi connectivity index (χ0n) is 6.54. The molecule has 0 aromatic rings. The predicted octanol–water partition coefficient (Wildman–Crippen LogP) is 1.96. The van der Waals surface area contributed by atoms with E-state index in [9.17, 15) is 4.79 Å². The number of nitriles is 1. The minimum atomic E-state index is 0.199. The Bertz CT molecular complexity index is 191. The van der Waals surface area contributed by atoms with Gasteiger partial charge in [-0.1, -0.05) is 11.8 Å². The highest BCUT2D eigenvalue weighted by atomic mass is 32.2. The summed E-state index contributed by atoms with van der Waals surface area (Å²) in [6, 6.07) is 2.15. The lowest BCUT2D eigenvalue weighted by Crippen LogP contribution is -2.26. The lowest BCUT2D eigenvalue weighted by molar-refractivity contribution is -0.109. The molecule has 11 heavy (non-hydrogen) atoms. The average molecular weight is 169 g/mol. The molecular weight excluding hydrogens is 158 g/mol. The Morgan fingerprint density at radius 3 is 2.82 bits per heavy atom. The quantitative estimate of drug-likeness (QED) is 0.634. The van der Waals surface area contributed by atoms with Crippen LogP contribution < -0.4 is 0 Å². The van der Waals surface area contributed by atoms with Gasteiger partial charge in [0.1, 0.15) is 0 Å². The first-order chi connectivity index (χ1) is 5.22. The van der Waals surface area contributed by atoms with Crippen LogP contribution in [0.4, 0.5) is 0 Å². The van der Waals surface area contributed by atoms with Crippen LogP contribution >= 0.6 is 11.8 Å². The van der Waals surface area contributed by atoms with Crippen LogP contribution in [-0.2, 0) is 4.79 Å². The van der Waals surface area contributed by atoms with Crippen molar-refractivity contribution < 1.29 is 4.79 Å². The van der Waals surface area contributed by atoms with Gasteiger partial charge in [-0.2, -0.15) is 5.26 Å². The van der Waals surface area contributed by atoms with Crippen LogP contribution in [0, 0.1) is 17.2 Å². The maximum atomic E-state index is 10.6. The molecule has 0 aliphatic heterocycles. The summed E-state index contributed by atoms with van der Waals surface area (Å²) in [6.07, 6.45) is 2.77. The maximum Gasteiger partial charge on any atom is 0.186 e. The van der Waals surface area contributed by atoms with Crippen LogP contribution in [0.5, 0.6) is 0 Å². The molecule has 0 unspecified atom stereocenters. The first kappa shape index (κ1) is 8.61. The summed E-state index contributed by atoms with van der Waals surface area (Å²) >= 11 is 1.42. The minimum Gasteiger partial charge on any atom is -0.288 e. The number of carbonyl (C=O) groups excluding carboxylic acids is 1. The number of nitrogens with zero attached hydrogens (tertiary/aromatic N) is 1. The second-order valence-electron chi connectivity index (χ2n) is 2.93. The molecule has 0 aromatic heterocycles. The maximum absolute atomic E-state index is 10.6. The second-order valence-corrected chi connectivity index (χ2v) is 4.41. The van der Waals surface area contributed by atoms with Crippen LogP contribution in [0.25, 0.3) is 0 Å². The van der Waals surface area contributed by atoms with Gasteiger partial charge in [0.2, 0.25) is 0 Å². The SMILES string of the molecule is CC(=O)SC1CC(CC#N)C1. The van der Waals surface area contributed by atoms with Gasteiger partial charge in [-0.15, -0.1) is 0 Å². The highest BCUT2D eigenvalue weighted by molar-refractivity contribution is 8.14. The van der Waals surface area contributed by atoms with Crippen molar-refractivity contribution >= 4 is 16.9 Å². The Kier molecular flexibility index (Phi) is 2.95. The molecule has 2 nitrogen and oxygen atoms in total. The first-order valence-corrected chi connectivity index (χ1v) is 4.64. The molecular formula is C8H11NOS. The van der Waals surface area contributed by atoms with Crippen LogP contribution in [0.3, 0.4) is 0 Å². The Morgan fingerprint density at radius 1 is 1.73 bits per heavy atom. The summed E-state index contributed by atoms with van der Waals surface area (Å²) in [5.41, 5.74) is 0. The number of thioether (sulfide) groups is 1. The molecule has 1 rings (SSSR count). The van der Waals surface area contributed by atoms with Crippen molar-refractivity contribution in [2.75, 3.05) is 0 Å². The summed E-state index contributed by atoms with van der Waals surface area (Å²) in [4.78, 5) is 10.6. The highest BCUT2D eigenvalue weighted by Crippen LogP contribution is 2.38. The molecule has 1 fully saturated rings. The summed E-state index contributed by atoms with van der Waals surface area (Å²) in [7, 11) is 0. The number of hydrogen-bond donors (Lipinski definition) is 0. The Morgan fingerprint density at radius 2 is 2.36 bits per heavy atom. The van der Waals surface area contributed by atoms with Crippen molar-refractivity contribution in [3.05, 3.63) is 0 Å². The van der Waals surface area contributed by atoms with Crippen molar-refractivity contribution in [1.29, 1.82) is 5.26 Å². The molecule has 60 valence electrons. The lowest BCUT2D eigenvalue weighted by Gasteiger charge is -2.32. The molecule has 1 saturated carbocycles. The van der Waals surface area contributed by atoms with Gasteiger partial charge in [-0.05, 0) is 18.8 Å². The molecule has 0 spiro atoms.